The number of carbonyl (C=O) groups excluding carboxylic acids is 1. The zero-order valence-corrected chi connectivity index (χ0v) is 15.7. The number of urea groups is 1. The molecule has 3 rings (SSSR count). The molecule has 27 heavy (non-hydrogen) atoms. The fraction of sp³-hybridized carbons (Fsp3) is 0.600. The van der Waals surface area contributed by atoms with E-state index in [1.165, 1.54) is 0 Å². The lowest BCUT2D eigenvalue weighted by Gasteiger charge is -2.27. The van der Waals surface area contributed by atoms with Crippen molar-refractivity contribution < 1.29 is 24.2 Å². The van der Waals surface area contributed by atoms with Gasteiger partial charge in [0.15, 0.2) is 0 Å². The van der Waals surface area contributed by atoms with Crippen LogP contribution in [0.5, 0.6) is 5.75 Å². The summed E-state index contributed by atoms with van der Waals surface area (Å²) in [5.41, 5.74) is 2.03. The minimum atomic E-state index is -0.738. The highest BCUT2D eigenvalue weighted by Gasteiger charge is 2.26. The zero-order valence-electron chi connectivity index (χ0n) is 15.7. The fourth-order valence-corrected chi connectivity index (χ4v) is 3.60. The van der Waals surface area contributed by atoms with Crippen molar-refractivity contribution in [1.82, 2.24) is 10.6 Å². The van der Waals surface area contributed by atoms with Crippen LogP contribution in [0.15, 0.2) is 18.2 Å². The number of aliphatic carboxylic acids is 1. The molecule has 3 N–H and O–H groups in total. The van der Waals surface area contributed by atoms with Crippen LogP contribution in [0.4, 0.5) is 4.79 Å². The highest BCUT2D eigenvalue weighted by Crippen LogP contribution is 2.25. The molecule has 0 aromatic heterocycles. The van der Waals surface area contributed by atoms with E-state index in [0.29, 0.717) is 38.8 Å². The van der Waals surface area contributed by atoms with Gasteiger partial charge < -0.3 is 25.2 Å². The number of amides is 2. The molecule has 2 amide bonds. The molecule has 2 fully saturated rings. The Bertz CT molecular complexity index is 664. The maximum Gasteiger partial charge on any atom is 0.315 e. The second kappa shape index (κ2) is 9.08. The number of benzene rings is 1. The first kappa shape index (κ1) is 19.5. The summed E-state index contributed by atoms with van der Waals surface area (Å²) in [6, 6.07) is 5.76. The molecule has 7 nitrogen and oxygen atoms in total. The number of nitrogens with one attached hydrogen (secondary N) is 2. The predicted molar refractivity (Wildman–Crippen MR) is 99.8 cm³/mol. The smallest absolute Gasteiger partial charge is 0.315 e. The number of rotatable bonds is 6. The summed E-state index contributed by atoms with van der Waals surface area (Å²) < 4.78 is 11.4. The van der Waals surface area contributed by atoms with Crippen molar-refractivity contribution in [2.75, 3.05) is 13.2 Å². The lowest BCUT2D eigenvalue weighted by atomic mass is 9.86. The van der Waals surface area contributed by atoms with Crippen LogP contribution in [0.2, 0.25) is 0 Å². The van der Waals surface area contributed by atoms with Gasteiger partial charge in [-0.3, -0.25) is 4.79 Å². The van der Waals surface area contributed by atoms with Crippen LogP contribution in [0.1, 0.15) is 43.2 Å². The second-order valence-corrected chi connectivity index (χ2v) is 7.43. The Kier molecular flexibility index (Phi) is 6.55. The Morgan fingerprint density at radius 2 is 2.00 bits per heavy atom. The number of carboxylic acid groups (broad SMARTS) is 1. The number of carboxylic acids is 1. The molecule has 148 valence electrons. The number of hydrogen-bond donors (Lipinski definition) is 3. The molecule has 7 heteroatoms. The maximum absolute atomic E-state index is 12.2. The maximum atomic E-state index is 12.2. The van der Waals surface area contributed by atoms with Gasteiger partial charge in [-0.25, -0.2) is 4.79 Å². The molecule has 1 atom stereocenters. The van der Waals surface area contributed by atoms with Crippen molar-refractivity contribution in [1.29, 1.82) is 0 Å². The Morgan fingerprint density at radius 1 is 1.22 bits per heavy atom. The first-order chi connectivity index (χ1) is 13.0. The molecule has 1 aliphatic carbocycles. The van der Waals surface area contributed by atoms with Crippen LogP contribution < -0.4 is 15.4 Å². The fourth-order valence-electron chi connectivity index (χ4n) is 3.60. The predicted octanol–water partition coefficient (Wildman–Crippen LogP) is 2.61. The van der Waals surface area contributed by atoms with Gasteiger partial charge >= 0.3 is 12.0 Å². The third-order valence-corrected chi connectivity index (χ3v) is 5.26. The van der Waals surface area contributed by atoms with E-state index < -0.39 is 5.97 Å². The van der Waals surface area contributed by atoms with Gasteiger partial charge in [0.1, 0.15) is 11.9 Å². The van der Waals surface area contributed by atoms with Crippen molar-refractivity contribution in [2.45, 2.75) is 57.7 Å². The first-order valence-corrected chi connectivity index (χ1v) is 9.62. The van der Waals surface area contributed by atoms with Crippen LogP contribution in [0.25, 0.3) is 0 Å². The second-order valence-electron chi connectivity index (χ2n) is 7.43. The summed E-state index contributed by atoms with van der Waals surface area (Å²) in [6.07, 6.45) is 3.55. The third-order valence-electron chi connectivity index (χ3n) is 5.26. The van der Waals surface area contributed by atoms with Gasteiger partial charge in [0.25, 0.3) is 0 Å². The zero-order chi connectivity index (χ0) is 19.2. The molecule has 2 aliphatic rings. The largest absolute Gasteiger partial charge is 0.488 e. The molecule has 1 saturated carbocycles. The average Bonchev–Trinajstić information content (AvgIpc) is 3.14. The molecular weight excluding hydrogens is 348 g/mol. The topological polar surface area (TPSA) is 96.9 Å². The lowest BCUT2D eigenvalue weighted by molar-refractivity contribution is -0.142. The lowest BCUT2D eigenvalue weighted by Crippen LogP contribution is -2.43. The molecule has 1 aliphatic heterocycles. The normalized spacial score (nSPS) is 25.0. The highest BCUT2D eigenvalue weighted by atomic mass is 16.5. The van der Waals surface area contributed by atoms with Crippen molar-refractivity contribution in [3.63, 3.8) is 0 Å². The molecule has 1 unspecified atom stereocenters. The van der Waals surface area contributed by atoms with E-state index in [-0.39, 0.29) is 24.1 Å². The monoisotopic (exact) mass is 376 g/mol. The van der Waals surface area contributed by atoms with Gasteiger partial charge in [-0.1, -0.05) is 12.1 Å². The van der Waals surface area contributed by atoms with Crippen LogP contribution in [-0.4, -0.2) is 42.5 Å². The van der Waals surface area contributed by atoms with Gasteiger partial charge in [0.05, 0.1) is 19.1 Å². The van der Waals surface area contributed by atoms with Crippen LogP contribution in [-0.2, 0) is 16.1 Å². The Hall–Kier alpha value is -2.28. The van der Waals surface area contributed by atoms with Gasteiger partial charge in [0, 0.05) is 24.6 Å². The van der Waals surface area contributed by atoms with Crippen molar-refractivity contribution in [2.24, 2.45) is 5.92 Å². The summed E-state index contributed by atoms with van der Waals surface area (Å²) in [5.74, 6) is -0.233. The molecule has 1 saturated heterocycles. The third kappa shape index (κ3) is 5.60. The quantitative estimate of drug-likeness (QED) is 0.709. The molecule has 0 spiro atoms. The summed E-state index contributed by atoms with van der Waals surface area (Å²) in [6.45, 7) is 3.70. The van der Waals surface area contributed by atoms with Crippen LogP contribution in [0, 0.1) is 12.8 Å². The van der Waals surface area contributed by atoms with Crippen molar-refractivity contribution in [3.8, 4) is 5.75 Å². The van der Waals surface area contributed by atoms with Crippen LogP contribution >= 0.6 is 0 Å². The van der Waals surface area contributed by atoms with Crippen molar-refractivity contribution in [3.05, 3.63) is 29.3 Å². The summed E-state index contributed by atoms with van der Waals surface area (Å²) >= 11 is 0. The molecule has 0 bridgehead atoms. The SMILES string of the molecule is Cc1ccc(CNC(=O)NC2CCC(C(=O)O)CC2)c(OC2CCOC2)c1. The van der Waals surface area contributed by atoms with E-state index in [9.17, 15) is 9.59 Å². The molecule has 1 heterocycles. The Balaban J connectivity index is 1.49. The summed E-state index contributed by atoms with van der Waals surface area (Å²) in [4.78, 5) is 23.2. The van der Waals surface area contributed by atoms with Gasteiger partial charge in [-0.05, 0) is 44.2 Å². The Morgan fingerprint density at radius 3 is 2.67 bits per heavy atom. The standard InChI is InChI=1S/C20H28N2O5/c1-13-2-3-15(18(10-13)27-17-8-9-26-12-17)11-21-20(25)22-16-6-4-14(5-7-16)19(23)24/h2-3,10,14,16-17H,4-9,11-12H2,1H3,(H,23,24)(H2,21,22,25). The Labute approximate surface area is 159 Å². The van der Waals surface area contributed by atoms with Crippen LogP contribution in [0.3, 0.4) is 0 Å². The van der Waals surface area contributed by atoms with E-state index in [1.54, 1.807) is 0 Å². The first-order valence-electron chi connectivity index (χ1n) is 9.62. The summed E-state index contributed by atoms with van der Waals surface area (Å²) in [5, 5.41) is 14.9. The van der Waals surface area contributed by atoms with E-state index in [2.05, 4.69) is 10.6 Å². The number of aryl methyl sites for hydroxylation is 1. The number of hydrogen-bond acceptors (Lipinski definition) is 4. The minimum absolute atomic E-state index is 0.0324. The van der Waals surface area contributed by atoms with Crippen molar-refractivity contribution >= 4 is 12.0 Å². The van der Waals surface area contributed by atoms with E-state index in [1.807, 2.05) is 25.1 Å². The molecular formula is C20H28N2O5. The van der Waals surface area contributed by atoms with Gasteiger partial charge in [0.2, 0.25) is 0 Å². The molecule has 1 aromatic rings. The average molecular weight is 376 g/mol. The number of carbonyl (C=O) groups is 2. The van der Waals surface area contributed by atoms with E-state index in [4.69, 9.17) is 14.6 Å². The highest BCUT2D eigenvalue weighted by molar-refractivity contribution is 5.74. The number of ether oxygens (including phenoxy) is 2. The van der Waals surface area contributed by atoms with E-state index in [0.717, 1.165) is 29.9 Å². The minimum Gasteiger partial charge on any atom is -0.488 e. The van der Waals surface area contributed by atoms with Gasteiger partial charge in [-0.2, -0.15) is 0 Å². The molecule has 1 aromatic carbocycles. The van der Waals surface area contributed by atoms with E-state index >= 15 is 0 Å². The van der Waals surface area contributed by atoms with Gasteiger partial charge in [-0.15, -0.1) is 0 Å². The molecule has 0 radical (unpaired) electrons. The summed E-state index contributed by atoms with van der Waals surface area (Å²) in [7, 11) is 0.